The molecule has 0 saturated carbocycles. The lowest BCUT2D eigenvalue weighted by Gasteiger charge is -2.17. The second kappa shape index (κ2) is 5.07. The zero-order chi connectivity index (χ0) is 12.4. The van der Waals surface area contributed by atoms with Crippen molar-refractivity contribution in [1.82, 2.24) is 15.3 Å². The molecule has 2 aliphatic rings. The Morgan fingerprint density at radius 1 is 1.50 bits per heavy atom. The molecule has 0 amide bonds. The summed E-state index contributed by atoms with van der Waals surface area (Å²) in [6.45, 7) is 3.06. The molecule has 1 atom stereocenters. The predicted molar refractivity (Wildman–Crippen MR) is 67.7 cm³/mol. The van der Waals surface area contributed by atoms with Crippen molar-refractivity contribution < 1.29 is 4.74 Å². The first-order valence-electron chi connectivity index (χ1n) is 6.51. The summed E-state index contributed by atoms with van der Waals surface area (Å²) in [5, 5.41) is 6.38. The van der Waals surface area contributed by atoms with Gasteiger partial charge >= 0.3 is 0 Å². The molecule has 1 saturated heterocycles. The summed E-state index contributed by atoms with van der Waals surface area (Å²) in [5.74, 6) is 0.554. The van der Waals surface area contributed by atoms with Crippen molar-refractivity contribution in [2.75, 3.05) is 25.0 Å². The van der Waals surface area contributed by atoms with Crippen molar-refractivity contribution in [2.45, 2.75) is 31.9 Å². The molecule has 6 heteroatoms. The molecule has 1 fully saturated rings. The Morgan fingerprint density at radius 3 is 3.28 bits per heavy atom. The van der Waals surface area contributed by atoms with E-state index in [4.69, 9.17) is 4.74 Å². The molecule has 18 heavy (non-hydrogen) atoms. The first-order chi connectivity index (χ1) is 8.83. The van der Waals surface area contributed by atoms with Gasteiger partial charge in [0.05, 0.1) is 11.8 Å². The van der Waals surface area contributed by atoms with Crippen LogP contribution in [0.3, 0.4) is 0 Å². The topological polar surface area (TPSA) is 79.0 Å². The van der Waals surface area contributed by atoms with Crippen molar-refractivity contribution in [2.24, 2.45) is 0 Å². The maximum absolute atomic E-state index is 11.9. The molecular weight excluding hydrogens is 232 g/mol. The summed E-state index contributed by atoms with van der Waals surface area (Å²) >= 11 is 0. The lowest BCUT2D eigenvalue weighted by molar-refractivity contribution is 0.120. The van der Waals surface area contributed by atoms with Gasteiger partial charge in [0, 0.05) is 25.3 Å². The molecule has 3 N–H and O–H groups in total. The maximum Gasteiger partial charge on any atom is 0.255 e. The number of rotatable bonds is 3. The van der Waals surface area contributed by atoms with Gasteiger partial charge in [-0.05, 0) is 25.8 Å². The van der Waals surface area contributed by atoms with Gasteiger partial charge in [-0.3, -0.25) is 9.78 Å². The highest BCUT2D eigenvalue weighted by Gasteiger charge is 2.17. The second-order valence-corrected chi connectivity index (χ2v) is 4.78. The minimum Gasteiger partial charge on any atom is -0.376 e. The van der Waals surface area contributed by atoms with Crippen LogP contribution in [0.5, 0.6) is 0 Å². The maximum atomic E-state index is 11.9. The lowest BCUT2D eigenvalue weighted by Crippen LogP contribution is -2.32. The highest BCUT2D eigenvalue weighted by molar-refractivity contribution is 5.31. The molecule has 2 aliphatic heterocycles. The Hall–Kier alpha value is -1.40. The molecule has 0 radical (unpaired) electrons. The minimum absolute atomic E-state index is 0.0173. The van der Waals surface area contributed by atoms with Gasteiger partial charge in [-0.2, -0.15) is 0 Å². The molecule has 3 rings (SSSR count). The monoisotopic (exact) mass is 250 g/mol. The molecule has 1 unspecified atom stereocenters. The van der Waals surface area contributed by atoms with E-state index in [1.165, 1.54) is 0 Å². The van der Waals surface area contributed by atoms with Gasteiger partial charge in [0.1, 0.15) is 0 Å². The molecule has 98 valence electrons. The summed E-state index contributed by atoms with van der Waals surface area (Å²) in [5.41, 5.74) is 1.66. The number of fused-ring (bicyclic) bond motifs is 1. The fourth-order valence-electron chi connectivity index (χ4n) is 2.47. The van der Waals surface area contributed by atoms with Gasteiger partial charge in [0.2, 0.25) is 5.95 Å². The fourth-order valence-corrected chi connectivity index (χ4v) is 2.47. The number of aromatic amines is 1. The van der Waals surface area contributed by atoms with Crippen LogP contribution in [0.1, 0.15) is 24.1 Å². The van der Waals surface area contributed by atoms with E-state index in [1.54, 1.807) is 0 Å². The van der Waals surface area contributed by atoms with Crippen LogP contribution in [0.4, 0.5) is 5.95 Å². The van der Waals surface area contributed by atoms with E-state index in [9.17, 15) is 4.79 Å². The lowest BCUT2D eigenvalue weighted by atomic mass is 10.1. The highest BCUT2D eigenvalue weighted by atomic mass is 16.5. The number of nitrogens with zero attached hydrogens (tertiary/aromatic N) is 1. The average Bonchev–Trinajstić information content (AvgIpc) is 2.90. The Kier molecular flexibility index (Phi) is 3.29. The van der Waals surface area contributed by atoms with E-state index in [1.807, 2.05) is 0 Å². The highest BCUT2D eigenvalue weighted by Crippen LogP contribution is 2.13. The van der Waals surface area contributed by atoms with Gasteiger partial charge in [-0.15, -0.1) is 0 Å². The third-order valence-electron chi connectivity index (χ3n) is 3.47. The summed E-state index contributed by atoms with van der Waals surface area (Å²) < 4.78 is 5.52. The van der Waals surface area contributed by atoms with Crippen LogP contribution in [-0.4, -0.2) is 35.8 Å². The van der Waals surface area contributed by atoms with Crippen LogP contribution in [0, 0.1) is 0 Å². The number of H-pyrrole nitrogens is 1. The number of ether oxygens (including phenoxy) is 1. The van der Waals surface area contributed by atoms with Crippen LogP contribution in [-0.2, 0) is 17.7 Å². The number of hydrogen-bond donors (Lipinski definition) is 3. The molecule has 0 aliphatic carbocycles. The van der Waals surface area contributed by atoms with E-state index in [0.29, 0.717) is 19.0 Å². The fraction of sp³-hybridized carbons (Fsp3) is 0.667. The summed E-state index contributed by atoms with van der Waals surface area (Å²) in [6, 6.07) is 0. The largest absolute Gasteiger partial charge is 0.376 e. The Labute approximate surface area is 105 Å². The van der Waals surface area contributed by atoms with Gasteiger partial charge < -0.3 is 15.4 Å². The summed E-state index contributed by atoms with van der Waals surface area (Å²) in [6.07, 6.45) is 3.18. The van der Waals surface area contributed by atoms with Gasteiger partial charge in [0.25, 0.3) is 5.56 Å². The van der Waals surface area contributed by atoms with E-state index in [2.05, 4.69) is 20.6 Å². The quantitative estimate of drug-likeness (QED) is 0.704. The molecule has 1 aromatic rings. The van der Waals surface area contributed by atoms with Gasteiger partial charge in [-0.25, -0.2) is 4.98 Å². The van der Waals surface area contributed by atoms with Crippen molar-refractivity contribution in [3.05, 3.63) is 21.6 Å². The number of aromatic nitrogens is 2. The van der Waals surface area contributed by atoms with Crippen LogP contribution in [0.25, 0.3) is 0 Å². The van der Waals surface area contributed by atoms with E-state index in [0.717, 1.165) is 43.7 Å². The molecule has 6 nitrogen and oxygen atoms in total. The molecular formula is C12H18N4O2. The minimum atomic E-state index is -0.0173. The summed E-state index contributed by atoms with van der Waals surface area (Å²) in [4.78, 5) is 19.1. The van der Waals surface area contributed by atoms with Gasteiger partial charge in [0.15, 0.2) is 0 Å². The molecule has 3 heterocycles. The summed E-state index contributed by atoms with van der Waals surface area (Å²) in [7, 11) is 0. The van der Waals surface area contributed by atoms with Crippen molar-refractivity contribution in [1.29, 1.82) is 0 Å². The average molecular weight is 250 g/mol. The first-order valence-corrected chi connectivity index (χ1v) is 6.51. The second-order valence-electron chi connectivity index (χ2n) is 4.78. The third kappa shape index (κ3) is 2.39. The number of anilines is 1. The van der Waals surface area contributed by atoms with E-state index >= 15 is 0 Å². The van der Waals surface area contributed by atoms with Crippen LogP contribution >= 0.6 is 0 Å². The number of hydrogen-bond acceptors (Lipinski definition) is 5. The SMILES string of the molecule is O=c1[nH]c(NCC2CCCO2)nc2c1CCNC2. The van der Waals surface area contributed by atoms with Crippen LogP contribution in [0.15, 0.2) is 4.79 Å². The van der Waals surface area contributed by atoms with Crippen molar-refractivity contribution in [3.63, 3.8) is 0 Å². The Balaban J connectivity index is 1.72. The van der Waals surface area contributed by atoms with Crippen LogP contribution in [0.2, 0.25) is 0 Å². The smallest absolute Gasteiger partial charge is 0.255 e. The van der Waals surface area contributed by atoms with Crippen LogP contribution < -0.4 is 16.2 Å². The first kappa shape index (κ1) is 11.7. The van der Waals surface area contributed by atoms with E-state index < -0.39 is 0 Å². The van der Waals surface area contributed by atoms with Gasteiger partial charge in [-0.1, -0.05) is 0 Å². The van der Waals surface area contributed by atoms with Crippen molar-refractivity contribution in [3.8, 4) is 0 Å². The predicted octanol–water partition coefficient (Wildman–Crippen LogP) is 0.00650. The normalized spacial score (nSPS) is 22.8. The number of nitrogens with one attached hydrogen (secondary N) is 3. The standard InChI is InChI=1S/C12H18N4O2/c17-11-9-3-4-13-7-10(9)15-12(16-11)14-6-8-2-1-5-18-8/h8,13H,1-7H2,(H2,14,15,16,17). The molecule has 0 spiro atoms. The molecule has 1 aromatic heterocycles. The van der Waals surface area contributed by atoms with E-state index in [-0.39, 0.29) is 11.7 Å². The third-order valence-corrected chi connectivity index (χ3v) is 3.47. The Bertz CT molecular complexity index is 479. The molecule has 0 bridgehead atoms. The Morgan fingerprint density at radius 2 is 2.44 bits per heavy atom. The zero-order valence-electron chi connectivity index (χ0n) is 10.3. The molecule has 0 aromatic carbocycles. The zero-order valence-corrected chi connectivity index (χ0v) is 10.3. The van der Waals surface area contributed by atoms with Crippen molar-refractivity contribution >= 4 is 5.95 Å².